The van der Waals surface area contributed by atoms with Crippen molar-refractivity contribution in [3.8, 4) is 16.9 Å². The van der Waals surface area contributed by atoms with E-state index in [0.717, 1.165) is 22.1 Å². The molecule has 6 heteroatoms. The van der Waals surface area contributed by atoms with Crippen LogP contribution in [-0.4, -0.2) is 22.2 Å². The average molecular weight is 360 g/mol. The summed E-state index contributed by atoms with van der Waals surface area (Å²) in [5.74, 6) is -0.968. The SMILES string of the molecule is Cc1cc(F)ccc1-c1cc(Cl)nc2cc(O[C@H](C)C(=O)O)ccc12. The number of carbonyl (C=O) groups is 1. The third kappa shape index (κ3) is 3.56. The maximum Gasteiger partial charge on any atom is 0.344 e. The number of aromatic nitrogens is 1. The minimum Gasteiger partial charge on any atom is -0.479 e. The molecule has 0 aliphatic heterocycles. The zero-order valence-corrected chi connectivity index (χ0v) is 14.3. The Labute approximate surface area is 148 Å². The summed E-state index contributed by atoms with van der Waals surface area (Å²) >= 11 is 6.15. The predicted octanol–water partition coefficient (Wildman–Crippen LogP) is 4.85. The molecule has 3 aromatic rings. The molecule has 0 unspecified atom stereocenters. The van der Waals surface area contributed by atoms with Gasteiger partial charge in [0.1, 0.15) is 16.7 Å². The van der Waals surface area contributed by atoms with Crippen LogP contribution in [0.5, 0.6) is 5.75 Å². The van der Waals surface area contributed by atoms with Crippen molar-refractivity contribution in [2.24, 2.45) is 0 Å². The number of benzene rings is 2. The van der Waals surface area contributed by atoms with Crippen LogP contribution in [0.3, 0.4) is 0 Å². The van der Waals surface area contributed by atoms with Gasteiger partial charge in [-0.25, -0.2) is 14.2 Å². The summed E-state index contributed by atoms with van der Waals surface area (Å²) in [6.07, 6.45) is -0.976. The summed E-state index contributed by atoms with van der Waals surface area (Å²) < 4.78 is 18.8. The standard InChI is InChI=1S/C19H15ClFNO3/c1-10-7-12(21)3-5-14(10)16-9-18(20)22-17-8-13(4-6-15(16)17)25-11(2)19(23)24/h3-9,11H,1-2H3,(H,23,24)/t11-/m1/s1. The molecule has 3 rings (SSSR count). The second kappa shape index (κ2) is 6.69. The Kier molecular flexibility index (Phi) is 4.59. The van der Waals surface area contributed by atoms with Crippen molar-refractivity contribution in [3.63, 3.8) is 0 Å². The van der Waals surface area contributed by atoms with E-state index in [0.29, 0.717) is 11.3 Å². The second-order valence-electron chi connectivity index (χ2n) is 5.73. The Balaban J connectivity index is 2.13. The molecule has 0 saturated carbocycles. The van der Waals surface area contributed by atoms with Gasteiger partial charge in [0.2, 0.25) is 0 Å². The number of ether oxygens (including phenoxy) is 1. The molecule has 0 bridgehead atoms. The van der Waals surface area contributed by atoms with Gasteiger partial charge in [0.05, 0.1) is 5.52 Å². The molecule has 1 heterocycles. The van der Waals surface area contributed by atoms with Crippen molar-refractivity contribution in [3.05, 3.63) is 59.0 Å². The summed E-state index contributed by atoms with van der Waals surface area (Å²) in [6, 6.07) is 11.4. The maximum absolute atomic E-state index is 13.4. The molecule has 1 N–H and O–H groups in total. The number of hydrogen-bond donors (Lipinski definition) is 1. The lowest BCUT2D eigenvalue weighted by molar-refractivity contribution is -0.144. The maximum atomic E-state index is 13.4. The third-order valence-electron chi connectivity index (χ3n) is 3.89. The number of halogens is 2. The summed E-state index contributed by atoms with van der Waals surface area (Å²) in [5, 5.41) is 10.1. The number of pyridine rings is 1. The van der Waals surface area contributed by atoms with Crippen LogP contribution >= 0.6 is 11.6 Å². The normalized spacial score (nSPS) is 12.2. The van der Waals surface area contributed by atoms with Crippen LogP contribution in [0.4, 0.5) is 4.39 Å². The van der Waals surface area contributed by atoms with Gasteiger partial charge in [0.25, 0.3) is 0 Å². The molecule has 25 heavy (non-hydrogen) atoms. The van der Waals surface area contributed by atoms with E-state index in [1.165, 1.54) is 19.1 Å². The molecule has 4 nitrogen and oxygen atoms in total. The zero-order valence-electron chi connectivity index (χ0n) is 13.6. The van der Waals surface area contributed by atoms with Gasteiger partial charge in [-0.3, -0.25) is 0 Å². The molecular weight excluding hydrogens is 345 g/mol. The lowest BCUT2D eigenvalue weighted by Gasteiger charge is -2.13. The molecule has 0 spiro atoms. The molecule has 0 aliphatic rings. The molecule has 0 radical (unpaired) electrons. The van der Waals surface area contributed by atoms with Crippen molar-refractivity contribution in [2.75, 3.05) is 0 Å². The second-order valence-corrected chi connectivity index (χ2v) is 6.12. The van der Waals surface area contributed by atoms with Crippen LogP contribution in [0.2, 0.25) is 5.15 Å². The summed E-state index contributed by atoms with van der Waals surface area (Å²) in [5.41, 5.74) is 3.03. The smallest absolute Gasteiger partial charge is 0.344 e. The van der Waals surface area contributed by atoms with E-state index in [9.17, 15) is 9.18 Å². The highest BCUT2D eigenvalue weighted by molar-refractivity contribution is 6.30. The highest BCUT2D eigenvalue weighted by atomic mass is 35.5. The lowest BCUT2D eigenvalue weighted by Crippen LogP contribution is -2.22. The number of carboxylic acids is 1. The fourth-order valence-corrected chi connectivity index (χ4v) is 2.86. The molecular formula is C19H15ClFNO3. The van der Waals surface area contributed by atoms with Crippen molar-refractivity contribution >= 4 is 28.5 Å². The first kappa shape index (κ1) is 17.2. The molecule has 1 aromatic heterocycles. The number of fused-ring (bicyclic) bond motifs is 1. The Bertz CT molecular complexity index is 974. The van der Waals surface area contributed by atoms with Crippen LogP contribution in [0.25, 0.3) is 22.0 Å². The Hall–Kier alpha value is -2.66. The highest BCUT2D eigenvalue weighted by Gasteiger charge is 2.15. The average Bonchev–Trinajstić information content (AvgIpc) is 2.53. The molecule has 0 fully saturated rings. The molecule has 1 atom stereocenters. The van der Waals surface area contributed by atoms with Crippen molar-refractivity contribution < 1.29 is 19.0 Å². The Morgan fingerprint density at radius 1 is 1.20 bits per heavy atom. The number of aryl methyl sites for hydroxylation is 1. The van der Waals surface area contributed by atoms with Gasteiger partial charge in [-0.2, -0.15) is 0 Å². The van der Waals surface area contributed by atoms with Gasteiger partial charge in [-0.1, -0.05) is 17.7 Å². The largest absolute Gasteiger partial charge is 0.479 e. The zero-order chi connectivity index (χ0) is 18.1. The van der Waals surface area contributed by atoms with Gasteiger partial charge in [0.15, 0.2) is 6.10 Å². The van der Waals surface area contributed by atoms with Crippen LogP contribution < -0.4 is 4.74 Å². The number of nitrogens with zero attached hydrogens (tertiary/aromatic N) is 1. The first-order valence-electron chi connectivity index (χ1n) is 7.61. The number of hydrogen-bond acceptors (Lipinski definition) is 3. The Morgan fingerprint density at radius 2 is 1.96 bits per heavy atom. The Morgan fingerprint density at radius 3 is 2.64 bits per heavy atom. The van der Waals surface area contributed by atoms with Crippen LogP contribution in [0.1, 0.15) is 12.5 Å². The van der Waals surface area contributed by atoms with Crippen molar-refractivity contribution in [2.45, 2.75) is 20.0 Å². The van der Waals surface area contributed by atoms with Crippen molar-refractivity contribution in [1.29, 1.82) is 0 Å². The van der Waals surface area contributed by atoms with E-state index >= 15 is 0 Å². The summed E-state index contributed by atoms with van der Waals surface area (Å²) in [6.45, 7) is 3.27. The fraction of sp³-hybridized carbons (Fsp3) is 0.158. The first-order chi connectivity index (χ1) is 11.8. The van der Waals surface area contributed by atoms with Crippen LogP contribution in [0, 0.1) is 12.7 Å². The fourth-order valence-electron chi connectivity index (χ4n) is 2.66. The predicted molar refractivity (Wildman–Crippen MR) is 94.6 cm³/mol. The minimum absolute atomic E-state index is 0.287. The summed E-state index contributed by atoms with van der Waals surface area (Å²) in [4.78, 5) is 15.2. The number of aliphatic carboxylic acids is 1. The molecule has 0 saturated heterocycles. The minimum atomic E-state index is -1.05. The van der Waals surface area contributed by atoms with E-state index in [1.807, 2.05) is 6.92 Å². The summed E-state index contributed by atoms with van der Waals surface area (Å²) in [7, 11) is 0. The van der Waals surface area contributed by atoms with Crippen LogP contribution in [0.15, 0.2) is 42.5 Å². The topological polar surface area (TPSA) is 59.4 Å². The van der Waals surface area contributed by atoms with E-state index < -0.39 is 12.1 Å². The first-order valence-corrected chi connectivity index (χ1v) is 7.99. The van der Waals surface area contributed by atoms with Crippen LogP contribution in [-0.2, 0) is 4.79 Å². The molecule has 128 valence electrons. The molecule has 0 amide bonds. The van der Waals surface area contributed by atoms with Gasteiger partial charge in [-0.05, 0) is 60.9 Å². The third-order valence-corrected chi connectivity index (χ3v) is 4.08. The quantitative estimate of drug-likeness (QED) is 0.676. The van der Waals surface area contributed by atoms with E-state index in [4.69, 9.17) is 21.4 Å². The molecule has 0 aliphatic carbocycles. The van der Waals surface area contributed by atoms with Gasteiger partial charge >= 0.3 is 5.97 Å². The monoisotopic (exact) mass is 359 g/mol. The lowest BCUT2D eigenvalue weighted by atomic mass is 9.97. The number of carboxylic acid groups (broad SMARTS) is 1. The highest BCUT2D eigenvalue weighted by Crippen LogP contribution is 2.34. The van der Waals surface area contributed by atoms with E-state index in [2.05, 4.69) is 4.98 Å². The number of rotatable bonds is 4. The van der Waals surface area contributed by atoms with E-state index in [1.54, 1.807) is 30.3 Å². The van der Waals surface area contributed by atoms with Gasteiger partial charge in [-0.15, -0.1) is 0 Å². The molecule has 2 aromatic carbocycles. The van der Waals surface area contributed by atoms with Crippen molar-refractivity contribution in [1.82, 2.24) is 4.98 Å². The van der Waals surface area contributed by atoms with Gasteiger partial charge in [0, 0.05) is 11.5 Å². The van der Waals surface area contributed by atoms with E-state index in [-0.39, 0.29) is 11.0 Å². The van der Waals surface area contributed by atoms with Gasteiger partial charge < -0.3 is 9.84 Å².